The molecule has 0 bridgehead atoms. The molecule has 0 aliphatic carbocycles. The third-order valence-corrected chi connectivity index (χ3v) is 3.67. The highest BCUT2D eigenvalue weighted by Gasteiger charge is 2.32. The number of halogens is 3. The van der Waals surface area contributed by atoms with E-state index >= 15 is 0 Å². The number of alkyl halides is 2. The highest BCUT2D eigenvalue weighted by molar-refractivity contribution is 5.74. The predicted octanol–water partition coefficient (Wildman–Crippen LogP) is 3.46. The van der Waals surface area contributed by atoms with Gasteiger partial charge in [0.25, 0.3) is 0 Å². The minimum Gasteiger partial charge on any atom is -0.334 e. The molecule has 0 radical (unpaired) electrons. The van der Waals surface area contributed by atoms with Crippen LogP contribution in [0, 0.1) is 12.7 Å². The summed E-state index contributed by atoms with van der Waals surface area (Å²) in [6.45, 7) is 2.30. The zero-order valence-electron chi connectivity index (χ0n) is 12.0. The average Bonchev–Trinajstić information content (AvgIpc) is 2.61. The Balaban J connectivity index is 1.88. The van der Waals surface area contributed by atoms with Crippen molar-refractivity contribution >= 4 is 6.03 Å². The van der Waals surface area contributed by atoms with Gasteiger partial charge in [0.05, 0.1) is 0 Å². The van der Waals surface area contributed by atoms with E-state index in [-0.39, 0.29) is 37.8 Å². The highest BCUT2D eigenvalue weighted by Crippen LogP contribution is 2.27. The van der Waals surface area contributed by atoms with E-state index in [0.29, 0.717) is 18.5 Å². The lowest BCUT2D eigenvalue weighted by Gasteiger charge is -2.21. The quantitative estimate of drug-likeness (QED) is 0.891. The van der Waals surface area contributed by atoms with Crippen LogP contribution in [0.3, 0.4) is 0 Å². The predicted molar refractivity (Wildman–Crippen MR) is 73.7 cm³/mol. The van der Waals surface area contributed by atoms with Gasteiger partial charge in [-0.05, 0) is 30.5 Å². The number of rotatable bonds is 2. The number of urea groups is 1. The van der Waals surface area contributed by atoms with E-state index in [1.54, 1.807) is 19.1 Å². The summed E-state index contributed by atoms with van der Waals surface area (Å²) in [7, 11) is 0. The number of carbonyl (C=O) groups is 1. The summed E-state index contributed by atoms with van der Waals surface area (Å²) >= 11 is 0. The number of benzene rings is 1. The average molecular weight is 300 g/mol. The molecule has 0 aromatic heterocycles. The molecule has 0 spiro atoms. The maximum Gasteiger partial charge on any atom is 0.317 e. The molecule has 3 nitrogen and oxygen atoms in total. The van der Waals surface area contributed by atoms with E-state index in [1.807, 2.05) is 0 Å². The third kappa shape index (κ3) is 4.37. The molecular formula is C15H19F3N2O. The molecule has 1 N–H and O–H groups in total. The largest absolute Gasteiger partial charge is 0.334 e. The van der Waals surface area contributed by atoms with Crippen LogP contribution < -0.4 is 5.32 Å². The lowest BCUT2D eigenvalue weighted by molar-refractivity contribution is -0.0122. The Hall–Kier alpha value is -1.72. The highest BCUT2D eigenvalue weighted by atomic mass is 19.3. The lowest BCUT2D eigenvalue weighted by Crippen LogP contribution is -2.40. The van der Waals surface area contributed by atoms with E-state index in [9.17, 15) is 18.0 Å². The van der Waals surface area contributed by atoms with Crippen LogP contribution in [0.15, 0.2) is 18.2 Å². The van der Waals surface area contributed by atoms with Crippen molar-refractivity contribution < 1.29 is 18.0 Å². The van der Waals surface area contributed by atoms with Gasteiger partial charge in [0.2, 0.25) is 5.92 Å². The first kappa shape index (κ1) is 15.7. The van der Waals surface area contributed by atoms with Gasteiger partial charge in [-0.15, -0.1) is 0 Å². The minimum absolute atomic E-state index is 0.0568. The van der Waals surface area contributed by atoms with Crippen LogP contribution in [-0.2, 0) is 6.54 Å². The zero-order chi connectivity index (χ0) is 15.5. The molecule has 0 unspecified atom stereocenters. The van der Waals surface area contributed by atoms with Crippen molar-refractivity contribution in [3.63, 3.8) is 0 Å². The summed E-state index contributed by atoms with van der Waals surface area (Å²) in [5.41, 5.74) is 1.29. The summed E-state index contributed by atoms with van der Waals surface area (Å²) in [5, 5.41) is 2.69. The molecule has 116 valence electrons. The smallest absolute Gasteiger partial charge is 0.317 e. The monoisotopic (exact) mass is 300 g/mol. The fraction of sp³-hybridized carbons (Fsp3) is 0.533. The number of likely N-dealkylation sites (tertiary alicyclic amines) is 1. The van der Waals surface area contributed by atoms with Crippen LogP contribution in [0.25, 0.3) is 0 Å². The molecule has 6 heteroatoms. The van der Waals surface area contributed by atoms with Crippen LogP contribution in [0.2, 0.25) is 0 Å². The van der Waals surface area contributed by atoms with E-state index in [2.05, 4.69) is 5.32 Å². The van der Waals surface area contributed by atoms with Crippen LogP contribution >= 0.6 is 0 Å². The summed E-state index contributed by atoms with van der Waals surface area (Å²) in [6, 6.07) is 4.25. The van der Waals surface area contributed by atoms with E-state index < -0.39 is 5.92 Å². The molecule has 0 atom stereocenters. The second kappa shape index (κ2) is 6.37. The van der Waals surface area contributed by atoms with Crippen molar-refractivity contribution in [2.24, 2.45) is 0 Å². The van der Waals surface area contributed by atoms with Crippen LogP contribution in [0.5, 0.6) is 0 Å². The Morgan fingerprint density at radius 3 is 2.81 bits per heavy atom. The van der Waals surface area contributed by atoms with Gasteiger partial charge in [-0.1, -0.05) is 12.1 Å². The maximum atomic E-state index is 13.2. The Morgan fingerprint density at radius 1 is 1.33 bits per heavy atom. The molecule has 1 aliphatic rings. The van der Waals surface area contributed by atoms with Gasteiger partial charge in [0, 0.05) is 32.5 Å². The molecule has 2 rings (SSSR count). The van der Waals surface area contributed by atoms with Gasteiger partial charge in [0.15, 0.2) is 0 Å². The van der Waals surface area contributed by atoms with Crippen molar-refractivity contribution in [1.29, 1.82) is 0 Å². The Bertz CT molecular complexity index is 520. The van der Waals surface area contributed by atoms with Crippen molar-refractivity contribution in [2.45, 2.75) is 38.7 Å². The second-order valence-electron chi connectivity index (χ2n) is 5.44. The first-order chi connectivity index (χ1) is 9.87. The number of hydrogen-bond acceptors (Lipinski definition) is 1. The molecule has 1 saturated heterocycles. The fourth-order valence-electron chi connectivity index (χ4n) is 2.37. The summed E-state index contributed by atoms with van der Waals surface area (Å²) in [4.78, 5) is 13.4. The standard InChI is InChI=1S/C15H19F3N2O/c1-11-9-12(3-4-13(11)16)10-19-14(21)20-7-2-5-15(17,18)6-8-20/h3-4,9H,2,5-8,10H2,1H3,(H,19,21). The first-order valence-corrected chi connectivity index (χ1v) is 7.03. The van der Waals surface area contributed by atoms with Crippen molar-refractivity contribution in [3.8, 4) is 0 Å². The number of aryl methyl sites for hydroxylation is 1. The van der Waals surface area contributed by atoms with Crippen LogP contribution in [-0.4, -0.2) is 29.9 Å². The van der Waals surface area contributed by atoms with Gasteiger partial charge >= 0.3 is 6.03 Å². The SMILES string of the molecule is Cc1cc(CNC(=O)N2CCCC(F)(F)CC2)ccc1F. The summed E-state index contributed by atoms with van der Waals surface area (Å²) in [5.74, 6) is -2.97. The topological polar surface area (TPSA) is 32.3 Å². The molecule has 1 heterocycles. The van der Waals surface area contributed by atoms with Gasteiger partial charge in [-0.25, -0.2) is 18.0 Å². The number of carbonyl (C=O) groups excluding carboxylic acids is 1. The molecular weight excluding hydrogens is 281 g/mol. The number of hydrogen-bond donors (Lipinski definition) is 1. The van der Waals surface area contributed by atoms with E-state index in [1.165, 1.54) is 11.0 Å². The molecule has 2 amide bonds. The van der Waals surface area contributed by atoms with Crippen molar-refractivity contribution in [1.82, 2.24) is 10.2 Å². The third-order valence-electron chi connectivity index (χ3n) is 3.67. The molecule has 21 heavy (non-hydrogen) atoms. The minimum atomic E-state index is -2.68. The van der Waals surface area contributed by atoms with E-state index in [4.69, 9.17) is 0 Å². The molecule has 0 saturated carbocycles. The Morgan fingerprint density at radius 2 is 2.10 bits per heavy atom. The first-order valence-electron chi connectivity index (χ1n) is 7.03. The maximum absolute atomic E-state index is 13.2. The summed E-state index contributed by atoms with van der Waals surface area (Å²) in [6.07, 6.45) is -0.167. The van der Waals surface area contributed by atoms with Crippen LogP contribution in [0.4, 0.5) is 18.0 Å². The van der Waals surface area contributed by atoms with E-state index in [0.717, 1.165) is 5.56 Å². The van der Waals surface area contributed by atoms with Crippen molar-refractivity contribution in [2.75, 3.05) is 13.1 Å². The fourth-order valence-corrected chi connectivity index (χ4v) is 2.37. The van der Waals surface area contributed by atoms with Crippen molar-refractivity contribution in [3.05, 3.63) is 35.1 Å². The number of amides is 2. The Labute approximate surface area is 122 Å². The lowest BCUT2D eigenvalue weighted by atomic mass is 10.1. The van der Waals surface area contributed by atoms with Gasteiger partial charge in [-0.3, -0.25) is 0 Å². The second-order valence-corrected chi connectivity index (χ2v) is 5.44. The molecule has 1 aromatic rings. The normalized spacial score (nSPS) is 18.2. The van der Waals surface area contributed by atoms with Gasteiger partial charge in [-0.2, -0.15) is 0 Å². The van der Waals surface area contributed by atoms with Crippen LogP contribution in [0.1, 0.15) is 30.4 Å². The van der Waals surface area contributed by atoms with Gasteiger partial charge in [0.1, 0.15) is 5.82 Å². The number of nitrogens with zero attached hydrogens (tertiary/aromatic N) is 1. The molecule has 1 aromatic carbocycles. The van der Waals surface area contributed by atoms with Gasteiger partial charge < -0.3 is 10.2 Å². The zero-order valence-corrected chi connectivity index (χ0v) is 12.0. The summed E-state index contributed by atoms with van der Waals surface area (Å²) < 4.78 is 39.6. The Kier molecular flexibility index (Phi) is 4.75. The number of nitrogens with one attached hydrogen (secondary N) is 1. The molecule has 1 fully saturated rings. The molecule has 1 aliphatic heterocycles.